The Bertz CT molecular complexity index is 686. The molecule has 2 aliphatic heterocycles. The lowest BCUT2D eigenvalue weighted by Crippen LogP contribution is -2.51. The fourth-order valence-corrected chi connectivity index (χ4v) is 11.3. The molecule has 8 rings (SSSR count). The van der Waals surface area contributed by atoms with Crippen molar-refractivity contribution in [3.63, 3.8) is 0 Å². The highest BCUT2D eigenvalue weighted by Gasteiger charge is 2.77. The van der Waals surface area contributed by atoms with E-state index in [-0.39, 0.29) is 0 Å². The van der Waals surface area contributed by atoms with Crippen LogP contribution >= 0.6 is 0 Å². The van der Waals surface area contributed by atoms with Gasteiger partial charge in [0.1, 0.15) is 0 Å². The molecule has 134 valence electrons. The van der Waals surface area contributed by atoms with Crippen molar-refractivity contribution in [3.8, 4) is 0 Å². The number of aliphatic hydroxyl groups is 1. The van der Waals surface area contributed by atoms with Crippen LogP contribution in [0, 0.1) is 82.9 Å². The van der Waals surface area contributed by atoms with Gasteiger partial charge in [-0.2, -0.15) is 0 Å². The maximum Gasteiger partial charge on any atom is 0.0648 e. The molecule has 5 saturated carbocycles. The van der Waals surface area contributed by atoms with E-state index in [4.69, 9.17) is 4.74 Å². The Balaban J connectivity index is 1.21. The number of fused-ring (bicyclic) bond motifs is 23. The summed E-state index contributed by atoms with van der Waals surface area (Å²) in [6.45, 7) is 2.85. The van der Waals surface area contributed by atoms with Crippen LogP contribution in [-0.4, -0.2) is 23.9 Å². The number of hydrogen-bond donors (Lipinski definition) is 1. The van der Waals surface area contributed by atoms with Crippen LogP contribution in [0.15, 0.2) is 12.2 Å². The van der Waals surface area contributed by atoms with E-state index in [1.54, 1.807) is 6.42 Å². The quantitative estimate of drug-likeness (QED) is 0.588. The summed E-state index contributed by atoms with van der Waals surface area (Å²) in [4.78, 5) is 0. The SMILES string of the molecule is CC1C(CO)C2CC1C1C3OC(C21)C1C2CC(C4C5C=CC(C5)C24)C31. The van der Waals surface area contributed by atoms with E-state index in [2.05, 4.69) is 19.1 Å². The van der Waals surface area contributed by atoms with Gasteiger partial charge in [0.2, 0.25) is 0 Å². The molecule has 2 nitrogen and oxygen atoms in total. The highest BCUT2D eigenvalue weighted by molar-refractivity contribution is 5.28. The maximum absolute atomic E-state index is 9.99. The second kappa shape index (κ2) is 4.07. The zero-order valence-corrected chi connectivity index (χ0v) is 15.1. The summed E-state index contributed by atoms with van der Waals surface area (Å²) in [5, 5.41) is 9.99. The molecule has 16 atom stereocenters. The molecule has 2 heterocycles. The molecule has 0 amide bonds. The minimum absolute atomic E-state index is 0.419. The standard InChI is InChI=1S/C23H30O2/c1-8-11-5-12(15(8)7-24)19-18(11)22-20-13-6-14(21(20)23(19)25-22)17-10-3-2-9(4-10)16(13)17/h2-3,8-24H,4-7H2,1H3. The highest BCUT2D eigenvalue weighted by Crippen LogP contribution is 2.78. The van der Waals surface area contributed by atoms with Crippen molar-refractivity contribution in [2.45, 2.75) is 38.4 Å². The summed E-state index contributed by atoms with van der Waals surface area (Å²) in [5.74, 6) is 12.3. The number of aliphatic hydroxyl groups excluding tert-OH is 1. The molecule has 0 spiro atoms. The molecule has 1 N–H and O–H groups in total. The Kier molecular flexibility index (Phi) is 2.24. The summed E-state index contributed by atoms with van der Waals surface area (Å²) >= 11 is 0. The van der Waals surface area contributed by atoms with Crippen LogP contribution in [0.4, 0.5) is 0 Å². The van der Waals surface area contributed by atoms with Crippen LogP contribution in [-0.2, 0) is 4.74 Å². The van der Waals surface area contributed by atoms with Gasteiger partial charge < -0.3 is 9.84 Å². The van der Waals surface area contributed by atoms with E-state index in [0.717, 1.165) is 76.9 Å². The second-order valence-electron chi connectivity index (χ2n) is 11.3. The van der Waals surface area contributed by atoms with E-state index in [1.807, 2.05) is 0 Å². The molecule has 7 fully saturated rings. The lowest BCUT2D eigenvalue weighted by Gasteiger charge is -2.49. The number of hydrogen-bond acceptors (Lipinski definition) is 2. The van der Waals surface area contributed by atoms with Crippen molar-refractivity contribution in [2.75, 3.05) is 6.61 Å². The molecule has 0 aromatic carbocycles. The van der Waals surface area contributed by atoms with Gasteiger partial charge in [-0.25, -0.2) is 0 Å². The lowest BCUT2D eigenvalue weighted by molar-refractivity contribution is -0.0132. The molecule has 16 unspecified atom stereocenters. The van der Waals surface area contributed by atoms with Crippen molar-refractivity contribution in [1.29, 1.82) is 0 Å². The third-order valence-corrected chi connectivity index (χ3v) is 11.5. The smallest absolute Gasteiger partial charge is 0.0648 e. The fraction of sp³-hybridized carbons (Fsp3) is 0.913. The third-order valence-electron chi connectivity index (χ3n) is 11.5. The van der Waals surface area contributed by atoms with Gasteiger partial charge in [-0.1, -0.05) is 19.1 Å². The van der Waals surface area contributed by atoms with Crippen molar-refractivity contribution in [2.24, 2.45) is 82.9 Å². The summed E-state index contributed by atoms with van der Waals surface area (Å²) in [5.41, 5.74) is 0. The summed E-state index contributed by atoms with van der Waals surface area (Å²) in [6, 6.07) is 0. The van der Waals surface area contributed by atoms with E-state index >= 15 is 0 Å². The summed E-state index contributed by atoms with van der Waals surface area (Å²) in [6.07, 6.45) is 10.8. The molecule has 25 heavy (non-hydrogen) atoms. The first kappa shape index (κ1) is 13.8. The first-order valence-corrected chi connectivity index (χ1v) is 11.2. The maximum atomic E-state index is 9.99. The van der Waals surface area contributed by atoms with Crippen LogP contribution in [0.3, 0.4) is 0 Å². The lowest BCUT2D eigenvalue weighted by atomic mass is 9.53. The van der Waals surface area contributed by atoms with Gasteiger partial charge in [0.05, 0.1) is 12.2 Å². The first-order valence-electron chi connectivity index (χ1n) is 11.2. The van der Waals surface area contributed by atoms with E-state index in [0.29, 0.717) is 24.7 Å². The van der Waals surface area contributed by atoms with E-state index < -0.39 is 0 Å². The predicted octanol–water partition coefficient (Wildman–Crippen LogP) is 3.21. The summed E-state index contributed by atoms with van der Waals surface area (Å²) < 4.78 is 6.86. The van der Waals surface area contributed by atoms with Crippen LogP contribution in [0.2, 0.25) is 0 Å². The van der Waals surface area contributed by atoms with Crippen LogP contribution < -0.4 is 0 Å². The minimum Gasteiger partial charge on any atom is -0.396 e. The molecule has 2 heteroatoms. The molecule has 0 aromatic heterocycles. The van der Waals surface area contributed by atoms with Gasteiger partial charge in [0, 0.05) is 6.61 Å². The van der Waals surface area contributed by atoms with Gasteiger partial charge >= 0.3 is 0 Å². The molecule has 0 aromatic rings. The Morgan fingerprint density at radius 2 is 1.32 bits per heavy atom. The zero-order valence-electron chi connectivity index (χ0n) is 15.1. The van der Waals surface area contributed by atoms with Crippen LogP contribution in [0.1, 0.15) is 26.2 Å². The average molecular weight is 338 g/mol. The Hall–Kier alpha value is -0.340. The van der Waals surface area contributed by atoms with Gasteiger partial charge in [0.25, 0.3) is 0 Å². The minimum atomic E-state index is 0.419. The van der Waals surface area contributed by atoms with Gasteiger partial charge in [-0.3, -0.25) is 0 Å². The third kappa shape index (κ3) is 1.24. The molecule has 0 radical (unpaired) electrons. The normalized spacial score (nSPS) is 75.0. The van der Waals surface area contributed by atoms with E-state index in [1.165, 1.54) is 12.8 Å². The molecule has 6 aliphatic carbocycles. The van der Waals surface area contributed by atoms with Gasteiger partial charge in [0.15, 0.2) is 0 Å². The second-order valence-corrected chi connectivity index (χ2v) is 11.3. The largest absolute Gasteiger partial charge is 0.396 e. The fourth-order valence-electron chi connectivity index (χ4n) is 11.3. The van der Waals surface area contributed by atoms with Crippen molar-refractivity contribution in [3.05, 3.63) is 12.2 Å². The molecule has 8 bridgehead atoms. The average Bonchev–Trinajstić information content (AvgIpc) is 3.45. The summed E-state index contributed by atoms with van der Waals surface area (Å²) in [7, 11) is 0. The highest BCUT2D eigenvalue weighted by atomic mass is 16.5. The van der Waals surface area contributed by atoms with Crippen molar-refractivity contribution in [1.82, 2.24) is 0 Å². The number of rotatable bonds is 1. The van der Waals surface area contributed by atoms with Crippen molar-refractivity contribution < 1.29 is 9.84 Å². The van der Waals surface area contributed by atoms with Crippen molar-refractivity contribution >= 4 is 0 Å². The topological polar surface area (TPSA) is 29.5 Å². The Morgan fingerprint density at radius 1 is 0.760 bits per heavy atom. The van der Waals surface area contributed by atoms with Crippen LogP contribution in [0.5, 0.6) is 0 Å². The monoisotopic (exact) mass is 338 g/mol. The molecular weight excluding hydrogens is 308 g/mol. The van der Waals surface area contributed by atoms with E-state index in [9.17, 15) is 5.11 Å². The van der Waals surface area contributed by atoms with Gasteiger partial charge in [-0.05, 0) is 102 Å². The predicted molar refractivity (Wildman–Crippen MR) is 93.3 cm³/mol. The Labute approximate surface area is 150 Å². The molecule has 8 aliphatic rings. The molecular formula is C23H30O2. The number of ether oxygens (including phenoxy) is 1. The number of allylic oxidation sites excluding steroid dienone is 2. The Morgan fingerprint density at radius 3 is 1.96 bits per heavy atom. The van der Waals surface area contributed by atoms with Gasteiger partial charge in [-0.15, -0.1) is 0 Å². The van der Waals surface area contributed by atoms with Crippen LogP contribution in [0.25, 0.3) is 0 Å². The molecule has 2 saturated heterocycles. The zero-order chi connectivity index (χ0) is 16.2. The first-order chi connectivity index (χ1) is 12.3.